The van der Waals surface area contributed by atoms with Crippen molar-refractivity contribution in [2.75, 3.05) is 13.5 Å². The van der Waals surface area contributed by atoms with E-state index >= 15 is 0 Å². The van der Waals surface area contributed by atoms with Gasteiger partial charge in [-0.05, 0) is 56.6 Å². The van der Waals surface area contributed by atoms with Gasteiger partial charge in [0.2, 0.25) is 17.7 Å². The van der Waals surface area contributed by atoms with E-state index in [-0.39, 0.29) is 27.6 Å². The molecule has 0 unspecified atom stereocenters. The highest BCUT2D eigenvalue weighted by Crippen LogP contribution is 2.44. The Morgan fingerprint density at radius 1 is 0.528 bits per heavy atom. The minimum atomic E-state index is -0.767. The van der Waals surface area contributed by atoms with Crippen LogP contribution < -0.4 is 17.2 Å². The molecule has 0 heterocycles. The number of nitrogens with two attached hydrogens (primary N) is 3. The van der Waals surface area contributed by atoms with E-state index in [0.29, 0.717) is 37.7 Å². The molecular formula is C26H20N4O6. The van der Waals surface area contributed by atoms with Crippen LogP contribution in [0.3, 0.4) is 0 Å². The molecule has 5 aromatic rings. The summed E-state index contributed by atoms with van der Waals surface area (Å²) < 4.78 is 0. The van der Waals surface area contributed by atoms with Gasteiger partial charge in [-0.15, -0.1) is 0 Å². The molecule has 8 N–H and O–H groups in total. The van der Waals surface area contributed by atoms with E-state index in [4.69, 9.17) is 17.2 Å². The van der Waals surface area contributed by atoms with E-state index in [1.807, 2.05) is 0 Å². The van der Waals surface area contributed by atoms with E-state index in [1.54, 1.807) is 24.3 Å². The Labute approximate surface area is 202 Å². The maximum absolute atomic E-state index is 13.2. The topological polar surface area (TPSA) is 190 Å². The number of hydrogen-bond acceptors (Lipinski definition) is 6. The molecule has 0 spiro atoms. The summed E-state index contributed by atoms with van der Waals surface area (Å²) >= 11 is 0. The fourth-order valence-corrected chi connectivity index (χ4v) is 5.03. The van der Waals surface area contributed by atoms with E-state index in [9.17, 15) is 29.4 Å². The van der Waals surface area contributed by atoms with Gasteiger partial charge < -0.3 is 27.4 Å². The number of hydrogen-bond donors (Lipinski definition) is 5. The number of fused-ring (bicyclic) bond motifs is 2. The lowest BCUT2D eigenvalue weighted by Gasteiger charge is -2.22. The molecule has 0 saturated heterocycles. The van der Waals surface area contributed by atoms with Crippen molar-refractivity contribution in [1.29, 1.82) is 0 Å². The molecule has 0 aliphatic carbocycles. The number of amides is 4. The number of primary amides is 3. The molecule has 10 nitrogen and oxygen atoms in total. The van der Waals surface area contributed by atoms with Gasteiger partial charge in [-0.2, -0.15) is 0 Å². The number of nitrogens with zero attached hydrogens (tertiary/aromatic N) is 1. The van der Waals surface area contributed by atoms with E-state index in [1.165, 1.54) is 24.3 Å². The molecule has 0 bridgehead atoms. The minimum Gasteiger partial charge on any atom is -0.376 e. The smallest absolute Gasteiger partial charge is 0.258 e. The summed E-state index contributed by atoms with van der Waals surface area (Å²) in [7, 11) is 0. The van der Waals surface area contributed by atoms with Gasteiger partial charge in [0.1, 0.15) is 13.5 Å². The second-order valence-corrected chi connectivity index (χ2v) is 8.36. The Morgan fingerprint density at radius 2 is 0.833 bits per heavy atom. The molecular weight excluding hydrogens is 464 g/mol. The SMILES string of the molecule is NC(=O)c1ccc2c3ccc(C(N)=O)c4c(C(=O)N(CO)CO)ccc(c5ccc(C(N)=O)c1c25)c43. The molecule has 36 heavy (non-hydrogen) atoms. The number of carbonyl (C=O) groups is 4. The van der Waals surface area contributed by atoms with Crippen molar-refractivity contribution in [1.82, 2.24) is 4.90 Å². The average molecular weight is 484 g/mol. The lowest BCUT2D eigenvalue weighted by molar-refractivity contribution is 0.0241. The van der Waals surface area contributed by atoms with Crippen LogP contribution in [0.25, 0.3) is 43.1 Å². The molecule has 0 saturated carbocycles. The first-order valence-electron chi connectivity index (χ1n) is 10.8. The summed E-state index contributed by atoms with van der Waals surface area (Å²) in [5.74, 6) is -2.92. The van der Waals surface area contributed by atoms with Crippen LogP contribution in [0.15, 0.2) is 48.5 Å². The van der Waals surface area contributed by atoms with Crippen LogP contribution in [-0.4, -0.2) is 52.2 Å². The molecule has 0 aliphatic heterocycles. The average Bonchev–Trinajstić information content (AvgIpc) is 2.86. The van der Waals surface area contributed by atoms with Gasteiger partial charge in [0.25, 0.3) is 5.91 Å². The summed E-state index contributed by atoms with van der Waals surface area (Å²) in [4.78, 5) is 50.8. The summed E-state index contributed by atoms with van der Waals surface area (Å²) in [6.45, 7) is -1.48. The third kappa shape index (κ3) is 3.05. The zero-order chi connectivity index (χ0) is 25.9. The fourth-order valence-electron chi connectivity index (χ4n) is 5.03. The molecule has 0 radical (unpaired) electrons. The second-order valence-electron chi connectivity index (χ2n) is 8.36. The fraction of sp³-hybridized carbons (Fsp3) is 0.0769. The third-order valence-electron chi connectivity index (χ3n) is 6.56. The summed E-state index contributed by atoms with van der Waals surface area (Å²) in [6.07, 6.45) is 0. The highest BCUT2D eigenvalue weighted by molar-refractivity contribution is 6.38. The van der Waals surface area contributed by atoms with Gasteiger partial charge in [0.05, 0.1) is 0 Å². The second kappa shape index (κ2) is 8.15. The quantitative estimate of drug-likeness (QED) is 0.137. The first kappa shape index (κ1) is 23.0. The molecule has 10 heteroatoms. The number of benzene rings is 5. The highest BCUT2D eigenvalue weighted by Gasteiger charge is 2.25. The van der Waals surface area contributed by atoms with E-state index in [2.05, 4.69) is 0 Å². The molecule has 0 fully saturated rings. The molecule has 0 aliphatic rings. The predicted octanol–water partition coefficient (Wildman–Crippen LogP) is 1.38. The van der Waals surface area contributed by atoms with Gasteiger partial charge in [0.15, 0.2) is 0 Å². The summed E-state index contributed by atoms with van der Waals surface area (Å²) in [6, 6.07) is 12.7. The Bertz CT molecular complexity index is 1710. The van der Waals surface area contributed by atoms with Crippen molar-refractivity contribution < 1.29 is 29.4 Å². The zero-order valence-electron chi connectivity index (χ0n) is 18.7. The predicted molar refractivity (Wildman–Crippen MR) is 134 cm³/mol. The number of rotatable bonds is 6. The maximum atomic E-state index is 13.2. The molecule has 0 atom stereocenters. The monoisotopic (exact) mass is 484 g/mol. The van der Waals surface area contributed by atoms with Gasteiger partial charge in [0, 0.05) is 33.0 Å². The lowest BCUT2D eigenvalue weighted by Crippen LogP contribution is -2.33. The van der Waals surface area contributed by atoms with E-state index in [0.717, 1.165) is 4.90 Å². The Kier molecular flexibility index (Phi) is 5.20. The van der Waals surface area contributed by atoms with Crippen molar-refractivity contribution in [3.63, 3.8) is 0 Å². The Morgan fingerprint density at radius 3 is 1.14 bits per heavy atom. The standard InChI is InChI=1S/C26H20N4O6/c27-23(33)15-5-1-11-13-3-7-17(25(29)35)22-18(26(36)30(9-31)10-32)8-4-14(20(13)22)12-2-6-16(24(28)34)21(15)19(11)12/h1-8,31-32H,9-10H2,(H2,27,33)(H2,28,34)(H2,29,35). The van der Waals surface area contributed by atoms with Crippen LogP contribution in [0.5, 0.6) is 0 Å². The van der Waals surface area contributed by atoms with Gasteiger partial charge >= 0.3 is 0 Å². The van der Waals surface area contributed by atoms with Crippen LogP contribution in [-0.2, 0) is 0 Å². The Hall–Kier alpha value is -4.80. The first-order valence-corrected chi connectivity index (χ1v) is 10.8. The summed E-state index contributed by atoms with van der Waals surface area (Å²) in [5, 5.41) is 23.2. The normalized spacial score (nSPS) is 11.5. The molecule has 5 aromatic carbocycles. The van der Waals surface area contributed by atoms with Crippen LogP contribution in [0, 0.1) is 0 Å². The van der Waals surface area contributed by atoms with Crippen molar-refractivity contribution >= 4 is 66.7 Å². The van der Waals surface area contributed by atoms with Crippen molar-refractivity contribution in [3.05, 3.63) is 70.8 Å². The number of aliphatic hydroxyl groups excluding tert-OH is 2. The highest BCUT2D eigenvalue weighted by atomic mass is 16.3. The first-order chi connectivity index (χ1) is 17.2. The molecule has 180 valence electrons. The molecule has 0 aromatic heterocycles. The van der Waals surface area contributed by atoms with E-state index < -0.39 is 37.1 Å². The minimum absolute atomic E-state index is 0.0645. The van der Waals surface area contributed by atoms with Crippen LogP contribution in [0.4, 0.5) is 0 Å². The number of aliphatic hydroxyl groups is 2. The Balaban J connectivity index is 2.07. The third-order valence-corrected chi connectivity index (χ3v) is 6.56. The van der Waals surface area contributed by atoms with Crippen molar-refractivity contribution in [2.24, 2.45) is 17.2 Å². The van der Waals surface area contributed by atoms with Crippen LogP contribution in [0.2, 0.25) is 0 Å². The lowest BCUT2D eigenvalue weighted by atomic mass is 9.84. The van der Waals surface area contributed by atoms with Crippen molar-refractivity contribution in [3.8, 4) is 0 Å². The maximum Gasteiger partial charge on any atom is 0.258 e. The largest absolute Gasteiger partial charge is 0.376 e. The molecule has 4 amide bonds. The van der Waals surface area contributed by atoms with Gasteiger partial charge in [-0.25, -0.2) is 0 Å². The number of carbonyl (C=O) groups excluding carboxylic acids is 4. The van der Waals surface area contributed by atoms with Crippen LogP contribution in [0.1, 0.15) is 41.4 Å². The summed E-state index contributed by atoms with van der Waals surface area (Å²) in [5.41, 5.74) is 17.3. The van der Waals surface area contributed by atoms with Gasteiger partial charge in [-0.1, -0.05) is 24.3 Å². The molecule has 5 rings (SSSR count). The van der Waals surface area contributed by atoms with Gasteiger partial charge in [-0.3, -0.25) is 24.1 Å². The van der Waals surface area contributed by atoms with Crippen LogP contribution >= 0.6 is 0 Å². The van der Waals surface area contributed by atoms with Crippen molar-refractivity contribution in [2.45, 2.75) is 0 Å². The zero-order valence-corrected chi connectivity index (χ0v) is 18.7.